The fourth-order valence-electron chi connectivity index (χ4n) is 2.74. The molecule has 21 heavy (non-hydrogen) atoms. The number of hydrogen-bond acceptors (Lipinski definition) is 3. The minimum atomic E-state index is 0.125. The molecule has 1 aliphatic heterocycles. The van der Waals surface area contributed by atoms with Crippen LogP contribution in [-0.4, -0.2) is 37.4 Å². The molecule has 1 saturated heterocycles. The van der Waals surface area contributed by atoms with Crippen molar-refractivity contribution >= 4 is 17.4 Å². The van der Waals surface area contributed by atoms with Gasteiger partial charge in [-0.2, -0.15) is 0 Å². The summed E-state index contributed by atoms with van der Waals surface area (Å²) in [6, 6.07) is 5.23. The zero-order chi connectivity index (χ0) is 15.5. The molecule has 2 rings (SSSR count). The van der Waals surface area contributed by atoms with Crippen LogP contribution in [0.4, 0.5) is 0 Å². The number of ketones is 1. The van der Waals surface area contributed by atoms with Crippen LogP contribution in [0.1, 0.15) is 43.5 Å². The van der Waals surface area contributed by atoms with Gasteiger partial charge in [-0.1, -0.05) is 31.9 Å². The molecule has 1 fully saturated rings. The summed E-state index contributed by atoms with van der Waals surface area (Å²) in [4.78, 5) is 14.6. The molecule has 0 spiro atoms. The maximum absolute atomic E-state index is 12.4. The summed E-state index contributed by atoms with van der Waals surface area (Å²) in [5.74, 6) is 0.726. The maximum Gasteiger partial charge on any atom is 0.176 e. The summed E-state index contributed by atoms with van der Waals surface area (Å²) in [5, 5.41) is 0.487. The lowest BCUT2D eigenvalue weighted by Crippen LogP contribution is -2.40. The average molecular weight is 310 g/mol. The van der Waals surface area contributed by atoms with Crippen LogP contribution in [0, 0.1) is 5.41 Å². The number of methoxy groups -OCH3 is 1. The molecular formula is C17H24ClNO2. The van der Waals surface area contributed by atoms with Gasteiger partial charge in [0.25, 0.3) is 0 Å². The van der Waals surface area contributed by atoms with Crippen molar-refractivity contribution in [3.8, 4) is 5.75 Å². The lowest BCUT2D eigenvalue weighted by molar-refractivity contribution is 0.0813. The minimum Gasteiger partial charge on any atom is -0.495 e. The SMILES string of the molecule is CCC1(C)CCN(CC(=O)c2ccc(OC)c(Cl)c2)CC1. The van der Waals surface area contributed by atoms with Crippen LogP contribution >= 0.6 is 11.6 Å². The van der Waals surface area contributed by atoms with Gasteiger partial charge in [-0.15, -0.1) is 0 Å². The van der Waals surface area contributed by atoms with Gasteiger partial charge in [0.2, 0.25) is 0 Å². The highest BCUT2D eigenvalue weighted by atomic mass is 35.5. The van der Waals surface area contributed by atoms with E-state index in [0.29, 0.717) is 28.3 Å². The Kier molecular flexibility index (Phi) is 5.28. The summed E-state index contributed by atoms with van der Waals surface area (Å²) in [7, 11) is 1.57. The zero-order valence-electron chi connectivity index (χ0n) is 13.1. The van der Waals surface area contributed by atoms with Crippen LogP contribution in [0.15, 0.2) is 18.2 Å². The predicted octanol–water partition coefficient (Wildman–Crippen LogP) is 4.04. The molecule has 1 aliphatic rings. The zero-order valence-corrected chi connectivity index (χ0v) is 13.9. The molecule has 0 bridgehead atoms. The number of carbonyl (C=O) groups is 1. The van der Waals surface area contributed by atoms with E-state index in [0.717, 1.165) is 13.1 Å². The van der Waals surface area contributed by atoms with Gasteiger partial charge in [-0.25, -0.2) is 0 Å². The molecule has 0 N–H and O–H groups in total. The van der Waals surface area contributed by atoms with Crippen molar-refractivity contribution in [1.82, 2.24) is 4.90 Å². The molecule has 0 unspecified atom stereocenters. The fraction of sp³-hybridized carbons (Fsp3) is 0.588. The molecule has 3 nitrogen and oxygen atoms in total. The smallest absolute Gasteiger partial charge is 0.176 e. The summed E-state index contributed by atoms with van der Waals surface area (Å²) < 4.78 is 5.11. The number of carbonyl (C=O) groups excluding carboxylic acids is 1. The first-order valence-electron chi connectivity index (χ1n) is 7.56. The van der Waals surface area contributed by atoms with E-state index < -0.39 is 0 Å². The molecule has 1 aromatic rings. The molecule has 0 aliphatic carbocycles. The van der Waals surface area contributed by atoms with E-state index in [-0.39, 0.29) is 5.78 Å². The van der Waals surface area contributed by atoms with Gasteiger partial charge in [-0.3, -0.25) is 9.69 Å². The van der Waals surface area contributed by atoms with Gasteiger partial charge in [0.05, 0.1) is 18.7 Å². The molecule has 0 radical (unpaired) electrons. The lowest BCUT2D eigenvalue weighted by Gasteiger charge is -2.38. The first kappa shape index (κ1) is 16.3. The lowest BCUT2D eigenvalue weighted by atomic mass is 9.78. The second-order valence-electron chi connectivity index (χ2n) is 6.21. The standard InChI is InChI=1S/C17H24ClNO2/c1-4-17(2)7-9-19(10-8-17)12-15(20)13-5-6-16(21-3)14(18)11-13/h5-6,11H,4,7-10,12H2,1-3H3. The number of rotatable bonds is 5. The van der Waals surface area contributed by atoms with E-state index in [2.05, 4.69) is 18.7 Å². The molecule has 0 amide bonds. The Morgan fingerprint density at radius 2 is 2.05 bits per heavy atom. The third-order valence-electron chi connectivity index (χ3n) is 4.76. The predicted molar refractivity (Wildman–Crippen MR) is 86.4 cm³/mol. The molecule has 116 valence electrons. The van der Waals surface area contributed by atoms with Crippen LogP contribution in [0.3, 0.4) is 0 Å². The van der Waals surface area contributed by atoms with E-state index in [9.17, 15) is 4.79 Å². The number of piperidine rings is 1. The summed E-state index contributed by atoms with van der Waals surface area (Å²) >= 11 is 6.08. The third kappa shape index (κ3) is 3.98. The van der Waals surface area contributed by atoms with Crippen molar-refractivity contribution in [3.05, 3.63) is 28.8 Å². The Morgan fingerprint density at radius 3 is 2.57 bits per heavy atom. The van der Waals surface area contributed by atoms with E-state index in [1.165, 1.54) is 19.3 Å². The van der Waals surface area contributed by atoms with E-state index >= 15 is 0 Å². The van der Waals surface area contributed by atoms with Crippen LogP contribution in [0.5, 0.6) is 5.75 Å². The first-order chi connectivity index (χ1) is 9.97. The molecule has 0 aromatic heterocycles. The maximum atomic E-state index is 12.4. The van der Waals surface area contributed by atoms with Crippen molar-refractivity contribution in [3.63, 3.8) is 0 Å². The molecule has 0 saturated carbocycles. The van der Waals surface area contributed by atoms with Crippen LogP contribution in [0.2, 0.25) is 5.02 Å². The number of halogens is 1. The number of likely N-dealkylation sites (tertiary alicyclic amines) is 1. The largest absolute Gasteiger partial charge is 0.495 e. The minimum absolute atomic E-state index is 0.125. The Bertz CT molecular complexity index is 508. The Balaban J connectivity index is 1.95. The highest BCUT2D eigenvalue weighted by molar-refractivity contribution is 6.32. The molecule has 4 heteroatoms. The quantitative estimate of drug-likeness (QED) is 0.769. The van der Waals surface area contributed by atoms with E-state index in [1.807, 2.05) is 0 Å². The van der Waals surface area contributed by atoms with Crippen molar-refractivity contribution in [2.75, 3.05) is 26.7 Å². The van der Waals surface area contributed by atoms with Gasteiger partial charge in [0.1, 0.15) is 5.75 Å². The highest BCUT2D eigenvalue weighted by Crippen LogP contribution is 2.34. The van der Waals surface area contributed by atoms with Gasteiger partial charge in [-0.05, 0) is 49.5 Å². The molecular weight excluding hydrogens is 286 g/mol. The van der Waals surface area contributed by atoms with Crippen LogP contribution in [-0.2, 0) is 0 Å². The fourth-order valence-corrected chi connectivity index (χ4v) is 3.00. The summed E-state index contributed by atoms with van der Waals surface area (Å²) in [6.07, 6.45) is 3.54. The average Bonchev–Trinajstić information content (AvgIpc) is 2.49. The monoisotopic (exact) mass is 309 g/mol. The number of ether oxygens (including phenoxy) is 1. The molecule has 1 heterocycles. The van der Waals surface area contributed by atoms with Gasteiger partial charge in [0, 0.05) is 5.56 Å². The Labute approximate surface area is 132 Å². The second-order valence-corrected chi connectivity index (χ2v) is 6.62. The van der Waals surface area contributed by atoms with Crippen molar-refractivity contribution < 1.29 is 9.53 Å². The number of Topliss-reactive ketones (excluding diaryl/α,β-unsaturated/α-hetero) is 1. The van der Waals surface area contributed by atoms with Crippen molar-refractivity contribution in [1.29, 1.82) is 0 Å². The topological polar surface area (TPSA) is 29.5 Å². The van der Waals surface area contributed by atoms with Crippen LogP contribution in [0.25, 0.3) is 0 Å². The Hall–Kier alpha value is -1.06. The number of nitrogens with zero attached hydrogens (tertiary/aromatic N) is 1. The first-order valence-corrected chi connectivity index (χ1v) is 7.94. The summed E-state index contributed by atoms with van der Waals surface area (Å²) in [6.45, 7) is 7.07. The van der Waals surface area contributed by atoms with Gasteiger partial charge >= 0.3 is 0 Å². The van der Waals surface area contributed by atoms with Crippen molar-refractivity contribution in [2.24, 2.45) is 5.41 Å². The summed E-state index contributed by atoms with van der Waals surface area (Å²) in [5.41, 5.74) is 1.10. The normalized spacial score (nSPS) is 18.5. The van der Waals surface area contributed by atoms with Gasteiger partial charge < -0.3 is 4.74 Å². The molecule has 1 aromatic carbocycles. The van der Waals surface area contributed by atoms with Crippen molar-refractivity contribution in [2.45, 2.75) is 33.1 Å². The number of hydrogen-bond donors (Lipinski definition) is 0. The van der Waals surface area contributed by atoms with Gasteiger partial charge in [0.15, 0.2) is 5.78 Å². The Morgan fingerprint density at radius 1 is 1.38 bits per heavy atom. The number of benzene rings is 1. The van der Waals surface area contributed by atoms with Crippen LogP contribution < -0.4 is 4.74 Å². The highest BCUT2D eigenvalue weighted by Gasteiger charge is 2.29. The third-order valence-corrected chi connectivity index (χ3v) is 5.05. The van der Waals surface area contributed by atoms with E-state index in [1.54, 1.807) is 25.3 Å². The second kappa shape index (κ2) is 6.80. The van der Waals surface area contributed by atoms with E-state index in [4.69, 9.17) is 16.3 Å². The molecule has 0 atom stereocenters.